The van der Waals surface area contributed by atoms with Gasteiger partial charge in [-0.2, -0.15) is 0 Å². The second-order valence-corrected chi connectivity index (χ2v) is 5.79. The second-order valence-electron chi connectivity index (χ2n) is 4.47. The normalized spacial score (nSPS) is 13.8. The summed E-state index contributed by atoms with van der Waals surface area (Å²) in [4.78, 5) is 4.02. The van der Waals surface area contributed by atoms with Gasteiger partial charge in [-0.3, -0.25) is 4.98 Å². The summed E-state index contributed by atoms with van der Waals surface area (Å²) in [6.07, 6.45) is 4.01. The summed E-state index contributed by atoms with van der Waals surface area (Å²) in [5.41, 5.74) is 7.18. The number of ether oxygens (including phenoxy) is 1. The highest BCUT2D eigenvalue weighted by atomic mass is 79.9. The fourth-order valence-corrected chi connectivity index (χ4v) is 2.38. The summed E-state index contributed by atoms with van der Waals surface area (Å²) in [5, 5.41) is 0.565. The monoisotopic (exact) mass is 354 g/mol. The van der Waals surface area contributed by atoms with E-state index < -0.39 is 0 Å². The third-order valence-corrected chi connectivity index (χ3v) is 3.85. The van der Waals surface area contributed by atoms with Crippen LogP contribution in [0.5, 0.6) is 5.75 Å². The molecule has 0 saturated heterocycles. The molecule has 0 amide bonds. The third-order valence-electron chi connectivity index (χ3n) is 3.04. The Morgan fingerprint density at radius 1 is 1.30 bits per heavy atom. The maximum Gasteiger partial charge on any atom is 0.140 e. The summed E-state index contributed by atoms with van der Waals surface area (Å²) in [7, 11) is 0. The predicted octanol–water partition coefficient (Wildman–Crippen LogP) is 4.35. The minimum Gasteiger partial charge on any atom is -0.482 e. The minimum absolute atomic E-state index is 0.118. The maximum absolute atomic E-state index is 6.18. The van der Waals surface area contributed by atoms with Crippen molar-refractivity contribution in [1.29, 1.82) is 0 Å². The van der Waals surface area contributed by atoms with Crippen LogP contribution in [0.15, 0.2) is 47.2 Å². The highest BCUT2D eigenvalue weighted by molar-refractivity contribution is 9.10. The van der Waals surface area contributed by atoms with Gasteiger partial charge < -0.3 is 10.5 Å². The molecule has 1 heterocycles. The van der Waals surface area contributed by atoms with Crippen molar-refractivity contribution in [3.8, 4) is 5.75 Å². The quantitative estimate of drug-likeness (QED) is 0.867. The molecule has 0 aliphatic carbocycles. The molecular weight excluding hydrogens is 340 g/mol. The van der Waals surface area contributed by atoms with E-state index >= 15 is 0 Å². The van der Waals surface area contributed by atoms with E-state index in [0.29, 0.717) is 10.8 Å². The van der Waals surface area contributed by atoms with Crippen LogP contribution < -0.4 is 10.5 Å². The van der Waals surface area contributed by atoms with Crippen LogP contribution >= 0.6 is 27.5 Å². The molecule has 106 valence electrons. The van der Waals surface area contributed by atoms with Crippen LogP contribution in [-0.4, -0.2) is 11.0 Å². The number of benzene rings is 1. The second kappa shape index (κ2) is 7.07. The van der Waals surface area contributed by atoms with E-state index in [1.807, 2.05) is 31.2 Å². The standard InChI is InChI=1S/C15H16BrClN2O/c1-2-13(18)15(10-5-7-19-8-6-10)20-14-9-11(16)3-4-12(14)17/h3-9,13,15H,2,18H2,1H3. The molecule has 2 atom stereocenters. The van der Waals surface area contributed by atoms with Gasteiger partial charge in [0.25, 0.3) is 0 Å². The average Bonchev–Trinajstić information content (AvgIpc) is 2.48. The van der Waals surface area contributed by atoms with E-state index in [1.165, 1.54) is 0 Å². The summed E-state index contributed by atoms with van der Waals surface area (Å²) < 4.78 is 6.96. The first-order valence-corrected chi connectivity index (χ1v) is 7.56. The minimum atomic E-state index is -0.255. The van der Waals surface area contributed by atoms with Crippen molar-refractivity contribution in [2.75, 3.05) is 0 Å². The van der Waals surface area contributed by atoms with Gasteiger partial charge in [0, 0.05) is 22.9 Å². The molecule has 1 aromatic heterocycles. The number of rotatable bonds is 5. The van der Waals surface area contributed by atoms with Gasteiger partial charge in [0.15, 0.2) is 0 Å². The number of hydrogen-bond donors (Lipinski definition) is 1. The van der Waals surface area contributed by atoms with Gasteiger partial charge in [0.2, 0.25) is 0 Å². The predicted molar refractivity (Wildman–Crippen MR) is 85.0 cm³/mol. The Morgan fingerprint density at radius 3 is 2.65 bits per heavy atom. The molecule has 0 aliphatic heterocycles. The van der Waals surface area contributed by atoms with E-state index in [2.05, 4.69) is 20.9 Å². The summed E-state index contributed by atoms with van der Waals surface area (Å²) in [5.74, 6) is 0.617. The molecule has 20 heavy (non-hydrogen) atoms. The Bertz CT molecular complexity index is 565. The zero-order chi connectivity index (χ0) is 14.5. The van der Waals surface area contributed by atoms with Crippen LogP contribution in [0, 0.1) is 0 Å². The van der Waals surface area contributed by atoms with Crippen molar-refractivity contribution in [2.45, 2.75) is 25.5 Å². The molecular formula is C15H16BrClN2O. The SMILES string of the molecule is CCC(N)C(Oc1cc(Br)ccc1Cl)c1ccncc1. The summed E-state index contributed by atoms with van der Waals surface area (Å²) in [6, 6.07) is 9.21. The molecule has 0 saturated carbocycles. The van der Waals surface area contributed by atoms with Gasteiger partial charge in [-0.25, -0.2) is 0 Å². The molecule has 0 spiro atoms. The fraction of sp³-hybridized carbons (Fsp3) is 0.267. The highest BCUT2D eigenvalue weighted by Crippen LogP contribution is 2.33. The van der Waals surface area contributed by atoms with Gasteiger partial charge in [-0.05, 0) is 42.3 Å². The van der Waals surface area contributed by atoms with Crippen LogP contribution in [0.1, 0.15) is 25.0 Å². The van der Waals surface area contributed by atoms with Crippen molar-refractivity contribution in [3.05, 3.63) is 57.8 Å². The van der Waals surface area contributed by atoms with E-state index in [1.54, 1.807) is 18.5 Å². The Morgan fingerprint density at radius 2 is 2.00 bits per heavy atom. The van der Waals surface area contributed by atoms with Crippen LogP contribution in [0.2, 0.25) is 5.02 Å². The fourth-order valence-electron chi connectivity index (χ4n) is 1.87. The van der Waals surface area contributed by atoms with Crippen molar-refractivity contribution in [3.63, 3.8) is 0 Å². The largest absolute Gasteiger partial charge is 0.482 e. The van der Waals surface area contributed by atoms with Crippen LogP contribution in [0.4, 0.5) is 0 Å². The lowest BCUT2D eigenvalue weighted by Gasteiger charge is -2.25. The van der Waals surface area contributed by atoms with Gasteiger partial charge in [0.1, 0.15) is 11.9 Å². The van der Waals surface area contributed by atoms with Crippen LogP contribution in [0.25, 0.3) is 0 Å². The number of hydrogen-bond acceptors (Lipinski definition) is 3. The summed E-state index contributed by atoms with van der Waals surface area (Å²) in [6.45, 7) is 2.03. The molecule has 2 rings (SSSR count). The zero-order valence-corrected chi connectivity index (χ0v) is 13.4. The topological polar surface area (TPSA) is 48.1 Å². The Hall–Kier alpha value is -1.10. The van der Waals surface area contributed by atoms with Gasteiger partial charge in [-0.15, -0.1) is 0 Å². The van der Waals surface area contributed by atoms with Crippen molar-refractivity contribution < 1.29 is 4.74 Å². The molecule has 5 heteroatoms. The Balaban J connectivity index is 2.31. The van der Waals surface area contributed by atoms with Gasteiger partial charge >= 0.3 is 0 Å². The van der Waals surface area contributed by atoms with E-state index in [-0.39, 0.29) is 12.1 Å². The lowest BCUT2D eigenvalue weighted by molar-refractivity contribution is 0.171. The lowest BCUT2D eigenvalue weighted by Crippen LogP contribution is -2.31. The molecule has 2 unspecified atom stereocenters. The number of pyridine rings is 1. The number of halogens is 2. The molecule has 2 aromatic rings. The average molecular weight is 356 g/mol. The first-order chi connectivity index (χ1) is 9.61. The third kappa shape index (κ3) is 3.72. The molecule has 2 N–H and O–H groups in total. The summed E-state index contributed by atoms with van der Waals surface area (Å²) >= 11 is 9.59. The molecule has 3 nitrogen and oxygen atoms in total. The van der Waals surface area contributed by atoms with Crippen molar-refractivity contribution in [1.82, 2.24) is 4.98 Å². The molecule has 0 bridgehead atoms. The van der Waals surface area contributed by atoms with Crippen LogP contribution in [-0.2, 0) is 0 Å². The highest BCUT2D eigenvalue weighted by Gasteiger charge is 2.21. The zero-order valence-electron chi connectivity index (χ0n) is 11.1. The first-order valence-electron chi connectivity index (χ1n) is 6.39. The van der Waals surface area contributed by atoms with Crippen molar-refractivity contribution >= 4 is 27.5 Å². The molecule has 0 fully saturated rings. The number of nitrogens with two attached hydrogens (primary N) is 1. The Kier molecular flexibility index (Phi) is 5.40. The molecule has 1 aromatic carbocycles. The van der Waals surface area contributed by atoms with Crippen LogP contribution in [0.3, 0.4) is 0 Å². The van der Waals surface area contributed by atoms with E-state index in [9.17, 15) is 0 Å². The van der Waals surface area contributed by atoms with E-state index in [4.69, 9.17) is 22.1 Å². The number of aromatic nitrogens is 1. The van der Waals surface area contributed by atoms with Gasteiger partial charge in [-0.1, -0.05) is 34.5 Å². The van der Waals surface area contributed by atoms with E-state index in [0.717, 1.165) is 16.5 Å². The van der Waals surface area contributed by atoms with Crippen molar-refractivity contribution in [2.24, 2.45) is 5.73 Å². The smallest absolute Gasteiger partial charge is 0.140 e. The maximum atomic E-state index is 6.18. The number of nitrogens with zero attached hydrogens (tertiary/aromatic N) is 1. The Labute approximate surface area is 132 Å². The molecule has 0 radical (unpaired) electrons. The molecule has 0 aliphatic rings. The lowest BCUT2D eigenvalue weighted by atomic mass is 10.0. The first kappa shape index (κ1) is 15.3. The van der Waals surface area contributed by atoms with Gasteiger partial charge in [0.05, 0.1) is 5.02 Å².